The van der Waals surface area contributed by atoms with Crippen molar-refractivity contribution >= 4 is 17.5 Å². The van der Waals surface area contributed by atoms with E-state index < -0.39 is 6.36 Å². The molecule has 2 amide bonds. The molecular formula is C18H17F3N2O3. The van der Waals surface area contributed by atoms with Gasteiger partial charge < -0.3 is 15.4 Å². The second kappa shape index (κ2) is 8.37. The molecule has 138 valence electrons. The van der Waals surface area contributed by atoms with E-state index >= 15 is 0 Å². The van der Waals surface area contributed by atoms with E-state index in [0.717, 1.165) is 0 Å². The molecule has 0 unspecified atom stereocenters. The predicted octanol–water partition coefficient (Wildman–Crippen LogP) is 3.40. The van der Waals surface area contributed by atoms with E-state index in [2.05, 4.69) is 15.4 Å². The fraction of sp³-hybridized carbons (Fsp3) is 0.222. The van der Waals surface area contributed by atoms with Crippen molar-refractivity contribution in [2.45, 2.75) is 26.3 Å². The van der Waals surface area contributed by atoms with Gasteiger partial charge in [-0.25, -0.2) is 0 Å². The Morgan fingerprint density at radius 3 is 2.31 bits per heavy atom. The number of nitrogens with one attached hydrogen (secondary N) is 2. The Balaban J connectivity index is 1.92. The summed E-state index contributed by atoms with van der Waals surface area (Å²) in [7, 11) is 0. The number of carbonyl (C=O) groups excluding carboxylic acids is 2. The summed E-state index contributed by atoms with van der Waals surface area (Å²) < 4.78 is 41.1. The third-order valence-corrected chi connectivity index (χ3v) is 3.31. The van der Waals surface area contributed by atoms with Crippen molar-refractivity contribution in [3.63, 3.8) is 0 Å². The smallest absolute Gasteiger partial charge is 0.405 e. The van der Waals surface area contributed by atoms with Crippen LogP contribution in [0.1, 0.15) is 18.1 Å². The molecule has 8 heteroatoms. The van der Waals surface area contributed by atoms with Crippen LogP contribution in [0.25, 0.3) is 0 Å². The van der Waals surface area contributed by atoms with Crippen LogP contribution >= 0.6 is 0 Å². The molecule has 2 aromatic rings. The summed E-state index contributed by atoms with van der Waals surface area (Å²) >= 11 is 0. The van der Waals surface area contributed by atoms with Gasteiger partial charge in [0.1, 0.15) is 5.75 Å². The van der Waals surface area contributed by atoms with Gasteiger partial charge in [0.15, 0.2) is 0 Å². The molecule has 0 saturated carbocycles. The van der Waals surface area contributed by atoms with Gasteiger partial charge >= 0.3 is 6.36 Å². The van der Waals surface area contributed by atoms with Gasteiger partial charge in [-0.3, -0.25) is 9.59 Å². The van der Waals surface area contributed by atoms with Crippen LogP contribution in [0, 0.1) is 0 Å². The minimum Gasteiger partial charge on any atom is -0.405 e. The largest absolute Gasteiger partial charge is 0.573 e. The highest BCUT2D eigenvalue weighted by molar-refractivity contribution is 5.88. The van der Waals surface area contributed by atoms with Crippen molar-refractivity contribution in [2.24, 2.45) is 0 Å². The van der Waals surface area contributed by atoms with Gasteiger partial charge in [-0.1, -0.05) is 30.3 Å². The molecule has 0 bridgehead atoms. The lowest BCUT2D eigenvalue weighted by Crippen LogP contribution is -2.25. The number of rotatable bonds is 6. The maximum atomic E-state index is 12.4. The fourth-order valence-corrected chi connectivity index (χ4v) is 2.23. The van der Waals surface area contributed by atoms with Crippen LogP contribution in [0.3, 0.4) is 0 Å². The highest BCUT2D eigenvalue weighted by Crippen LogP contribution is 2.26. The number of carbonyl (C=O) groups is 2. The summed E-state index contributed by atoms with van der Waals surface area (Å²) in [5, 5.41) is 5.18. The molecule has 0 aromatic heterocycles. The quantitative estimate of drug-likeness (QED) is 0.823. The Morgan fingerprint density at radius 1 is 1.04 bits per heavy atom. The first-order valence-electron chi connectivity index (χ1n) is 7.70. The van der Waals surface area contributed by atoms with Crippen molar-refractivity contribution in [1.29, 1.82) is 0 Å². The number of alkyl halides is 3. The number of ether oxygens (including phenoxy) is 1. The molecule has 5 nitrogen and oxygen atoms in total. The third-order valence-electron chi connectivity index (χ3n) is 3.31. The minimum atomic E-state index is -4.80. The lowest BCUT2D eigenvalue weighted by atomic mass is 10.1. The number of hydrogen-bond acceptors (Lipinski definition) is 3. The molecule has 26 heavy (non-hydrogen) atoms. The number of para-hydroxylation sites is 1. The molecule has 0 radical (unpaired) electrons. The highest BCUT2D eigenvalue weighted by Gasteiger charge is 2.31. The SMILES string of the molecule is CC(=O)Nc1ccc(CC(=O)NCc2ccccc2OC(F)(F)F)cc1. The van der Waals surface area contributed by atoms with E-state index in [1.54, 1.807) is 30.3 Å². The van der Waals surface area contributed by atoms with Gasteiger partial charge in [0.25, 0.3) is 0 Å². The second-order valence-corrected chi connectivity index (χ2v) is 5.49. The van der Waals surface area contributed by atoms with E-state index in [0.29, 0.717) is 11.3 Å². The van der Waals surface area contributed by atoms with Gasteiger partial charge in [0.2, 0.25) is 11.8 Å². The van der Waals surface area contributed by atoms with Crippen molar-refractivity contribution in [1.82, 2.24) is 5.32 Å². The lowest BCUT2D eigenvalue weighted by molar-refractivity contribution is -0.274. The Kier molecular flexibility index (Phi) is 6.21. The van der Waals surface area contributed by atoms with Gasteiger partial charge in [-0.15, -0.1) is 13.2 Å². The normalized spacial score (nSPS) is 10.9. The van der Waals surface area contributed by atoms with Crippen molar-refractivity contribution in [3.05, 3.63) is 59.7 Å². The molecule has 0 aliphatic carbocycles. The minimum absolute atomic E-state index is 0.0582. The molecule has 0 atom stereocenters. The van der Waals surface area contributed by atoms with E-state index in [-0.39, 0.29) is 36.1 Å². The van der Waals surface area contributed by atoms with E-state index in [4.69, 9.17) is 0 Å². The predicted molar refractivity (Wildman–Crippen MR) is 89.4 cm³/mol. The summed E-state index contributed by atoms with van der Waals surface area (Å²) in [4.78, 5) is 23.0. The first-order chi connectivity index (χ1) is 12.2. The average Bonchev–Trinajstić information content (AvgIpc) is 2.54. The Hall–Kier alpha value is -3.03. The van der Waals surface area contributed by atoms with E-state index in [9.17, 15) is 22.8 Å². The average molecular weight is 366 g/mol. The number of amides is 2. The molecule has 0 aliphatic heterocycles. The topological polar surface area (TPSA) is 67.4 Å². The molecular weight excluding hydrogens is 349 g/mol. The maximum Gasteiger partial charge on any atom is 0.573 e. The molecule has 0 saturated heterocycles. The van der Waals surface area contributed by atoms with Gasteiger partial charge in [0, 0.05) is 24.7 Å². The third kappa shape index (κ3) is 6.46. The number of benzene rings is 2. The summed E-state index contributed by atoms with van der Waals surface area (Å²) in [6.07, 6.45) is -4.74. The lowest BCUT2D eigenvalue weighted by Gasteiger charge is -2.13. The van der Waals surface area contributed by atoms with Crippen LogP contribution in [0.15, 0.2) is 48.5 Å². The zero-order valence-corrected chi connectivity index (χ0v) is 13.9. The zero-order valence-electron chi connectivity index (χ0n) is 13.9. The fourth-order valence-electron chi connectivity index (χ4n) is 2.23. The Bertz CT molecular complexity index is 774. The van der Waals surface area contributed by atoms with Crippen molar-refractivity contribution in [3.8, 4) is 5.75 Å². The van der Waals surface area contributed by atoms with Crippen molar-refractivity contribution in [2.75, 3.05) is 5.32 Å². The monoisotopic (exact) mass is 366 g/mol. The highest BCUT2D eigenvalue weighted by atomic mass is 19.4. The van der Waals surface area contributed by atoms with E-state index in [1.807, 2.05) is 0 Å². The Labute approximate surface area is 148 Å². The van der Waals surface area contributed by atoms with Crippen LogP contribution in [-0.4, -0.2) is 18.2 Å². The molecule has 2 aromatic carbocycles. The first-order valence-corrected chi connectivity index (χ1v) is 7.70. The van der Waals surface area contributed by atoms with Crippen molar-refractivity contribution < 1.29 is 27.5 Å². The van der Waals surface area contributed by atoms with Crippen LogP contribution in [0.2, 0.25) is 0 Å². The summed E-state index contributed by atoms with van der Waals surface area (Å²) in [6.45, 7) is 1.30. The molecule has 0 spiro atoms. The first kappa shape index (κ1) is 19.3. The molecule has 2 N–H and O–H groups in total. The summed E-state index contributed by atoms with van der Waals surface area (Å²) in [5.74, 6) is -0.894. The summed E-state index contributed by atoms with van der Waals surface area (Å²) in [6, 6.07) is 12.3. The molecule has 0 heterocycles. The second-order valence-electron chi connectivity index (χ2n) is 5.49. The van der Waals surface area contributed by atoms with Gasteiger partial charge in [0.05, 0.1) is 6.42 Å². The van der Waals surface area contributed by atoms with Crippen LogP contribution < -0.4 is 15.4 Å². The number of anilines is 1. The molecule has 2 rings (SSSR count). The number of halogens is 3. The Morgan fingerprint density at radius 2 is 1.69 bits per heavy atom. The standard InChI is InChI=1S/C18H17F3N2O3/c1-12(24)23-15-8-6-13(7-9-15)10-17(25)22-11-14-4-2-3-5-16(14)26-18(19,20)21/h2-9H,10-11H2,1H3,(H,22,25)(H,23,24). The summed E-state index contributed by atoms with van der Waals surface area (Å²) in [5.41, 5.74) is 1.54. The van der Waals surface area contributed by atoms with Crippen LogP contribution in [-0.2, 0) is 22.6 Å². The van der Waals surface area contributed by atoms with Crippen LogP contribution in [0.5, 0.6) is 5.75 Å². The molecule has 0 fully saturated rings. The molecule has 0 aliphatic rings. The number of hydrogen-bond donors (Lipinski definition) is 2. The zero-order chi connectivity index (χ0) is 19.2. The maximum absolute atomic E-state index is 12.4. The van der Waals surface area contributed by atoms with Gasteiger partial charge in [-0.05, 0) is 23.8 Å². The van der Waals surface area contributed by atoms with E-state index in [1.165, 1.54) is 25.1 Å². The van der Waals surface area contributed by atoms with Gasteiger partial charge in [-0.2, -0.15) is 0 Å². The van der Waals surface area contributed by atoms with Crippen LogP contribution in [0.4, 0.5) is 18.9 Å².